The van der Waals surface area contributed by atoms with Crippen molar-refractivity contribution in [2.75, 3.05) is 39.3 Å². The molecule has 0 spiro atoms. The van der Waals surface area contributed by atoms with Gasteiger partial charge in [-0.15, -0.1) is 0 Å². The van der Waals surface area contributed by atoms with E-state index in [1.807, 2.05) is 0 Å². The Kier molecular flexibility index (Phi) is 5.30. The molecular formula is C9H15N3O4. The first-order valence-corrected chi connectivity index (χ1v) is 4.78. The first kappa shape index (κ1) is 12.5. The van der Waals surface area contributed by atoms with Crippen molar-refractivity contribution in [3.63, 3.8) is 0 Å². The largest absolute Gasteiger partial charge is 0.458 e. The lowest BCUT2D eigenvalue weighted by Crippen LogP contribution is -2.13. The lowest BCUT2D eigenvalue weighted by atomic mass is 10.4. The number of nitrogen functional groups attached to an aromatic ring is 1. The number of nitrogens with two attached hydrogens (primary N) is 1. The van der Waals surface area contributed by atoms with E-state index < -0.39 is 5.97 Å². The van der Waals surface area contributed by atoms with Gasteiger partial charge in [0, 0.05) is 7.11 Å². The Morgan fingerprint density at radius 1 is 1.44 bits per heavy atom. The number of carbonyl (C=O) groups excluding carboxylic acids is 1. The van der Waals surface area contributed by atoms with E-state index in [4.69, 9.17) is 19.9 Å². The Balaban J connectivity index is 2.14. The Labute approximate surface area is 92.9 Å². The summed E-state index contributed by atoms with van der Waals surface area (Å²) >= 11 is 0. The normalized spacial score (nSPS) is 10.3. The van der Waals surface area contributed by atoms with Crippen molar-refractivity contribution in [1.29, 1.82) is 0 Å². The number of carbonyl (C=O) groups is 1. The molecule has 0 aliphatic heterocycles. The Morgan fingerprint density at radius 2 is 2.19 bits per heavy atom. The molecule has 1 aromatic heterocycles. The first-order chi connectivity index (χ1) is 7.75. The number of anilines is 1. The minimum atomic E-state index is -0.537. The summed E-state index contributed by atoms with van der Waals surface area (Å²) < 4.78 is 14.8. The number of nitrogens with one attached hydrogen (secondary N) is 1. The first-order valence-electron chi connectivity index (χ1n) is 4.78. The van der Waals surface area contributed by atoms with Gasteiger partial charge >= 0.3 is 5.97 Å². The van der Waals surface area contributed by atoms with Crippen molar-refractivity contribution < 1.29 is 19.0 Å². The predicted octanol–water partition coefficient (Wildman–Crippen LogP) is -0.188. The number of nitrogens with zero attached hydrogens (tertiary/aromatic N) is 1. The van der Waals surface area contributed by atoms with Crippen molar-refractivity contribution in [3.05, 3.63) is 11.9 Å². The third-order valence-electron chi connectivity index (χ3n) is 1.77. The highest BCUT2D eigenvalue weighted by Gasteiger charge is 2.12. The van der Waals surface area contributed by atoms with Gasteiger partial charge in [0.05, 0.1) is 31.7 Å². The monoisotopic (exact) mass is 229 g/mol. The van der Waals surface area contributed by atoms with Crippen molar-refractivity contribution in [2.45, 2.75) is 0 Å². The SMILES string of the molecule is COCCOCCOC(=O)c1[nH]ncc1N. The summed E-state index contributed by atoms with van der Waals surface area (Å²) in [6.07, 6.45) is 1.35. The van der Waals surface area contributed by atoms with Gasteiger partial charge in [0.25, 0.3) is 0 Å². The summed E-state index contributed by atoms with van der Waals surface area (Å²) in [7, 11) is 1.59. The van der Waals surface area contributed by atoms with Gasteiger partial charge in [0.15, 0.2) is 5.69 Å². The number of methoxy groups -OCH3 is 1. The van der Waals surface area contributed by atoms with Crippen LogP contribution in [0.25, 0.3) is 0 Å². The minimum Gasteiger partial charge on any atom is -0.458 e. The van der Waals surface area contributed by atoms with E-state index in [1.165, 1.54) is 6.20 Å². The van der Waals surface area contributed by atoms with Crippen LogP contribution >= 0.6 is 0 Å². The molecule has 0 saturated carbocycles. The van der Waals surface area contributed by atoms with Crippen molar-refractivity contribution in [2.24, 2.45) is 0 Å². The van der Waals surface area contributed by atoms with Gasteiger partial charge in [0.1, 0.15) is 6.61 Å². The molecule has 0 saturated heterocycles. The molecule has 0 aromatic carbocycles. The highest BCUT2D eigenvalue weighted by atomic mass is 16.6. The van der Waals surface area contributed by atoms with E-state index in [9.17, 15) is 4.79 Å². The molecule has 0 bridgehead atoms. The molecule has 1 aromatic rings. The smallest absolute Gasteiger partial charge is 0.358 e. The topological polar surface area (TPSA) is 99.5 Å². The standard InChI is InChI=1S/C9H15N3O4/c1-14-2-3-15-4-5-16-9(13)8-7(10)6-11-12-8/h6H,2-5,10H2,1H3,(H,11,12). The van der Waals surface area contributed by atoms with Crippen molar-refractivity contribution in [3.8, 4) is 0 Å². The predicted molar refractivity (Wildman–Crippen MR) is 56.0 cm³/mol. The molecule has 3 N–H and O–H groups in total. The summed E-state index contributed by atoms with van der Waals surface area (Å²) in [6, 6.07) is 0. The van der Waals surface area contributed by atoms with Crippen LogP contribution in [0.3, 0.4) is 0 Å². The number of H-pyrrole nitrogens is 1. The summed E-state index contributed by atoms with van der Waals surface area (Å²) in [5.74, 6) is -0.537. The molecule has 0 radical (unpaired) electrons. The van der Waals surface area contributed by atoms with Crippen molar-refractivity contribution >= 4 is 11.7 Å². The minimum absolute atomic E-state index is 0.164. The number of hydrogen-bond donors (Lipinski definition) is 2. The Bertz CT molecular complexity index is 326. The fourth-order valence-corrected chi connectivity index (χ4v) is 0.969. The highest BCUT2D eigenvalue weighted by Crippen LogP contribution is 2.06. The maximum atomic E-state index is 11.4. The molecule has 1 heterocycles. The highest BCUT2D eigenvalue weighted by molar-refractivity contribution is 5.92. The summed E-state index contributed by atoms with van der Waals surface area (Å²) in [5, 5.41) is 6.07. The lowest BCUT2D eigenvalue weighted by molar-refractivity contribution is 0.0210. The van der Waals surface area contributed by atoms with Crippen LogP contribution in [0.15, 0.2) is 6.20 Å². The third kappa shape index (κ3) is 3.87. The molecule has 90 valence electrons. The van der Waals surface area contributed by atoms with Crippen LogP contribution in [0.2, 0.25) is 0 Å². The van der Waals surface area contributed by atoms with Crippen molar-refractivity contribution in [1.82, 2.24) is 10.2 Å². The van der Waals surface area contributed by atoms with E-state index in [0.29, 0.717) is 19.8 Å². The molecule has 0 aliphatic carbocycles. The van der Waals surface area contributed by atoms with Crippen LogP contribution in [0.4, 0.5) is 5.69 Å². The summed E-state index contributed by atoms with van der Waals surface area (Å²) in [4.78, 5) is 11.4. The maximum Gasteiger partial charge on any atom is 0.358 e. The second-order valence-electron chi connectivity index (χ2n) is 2.94. The Morgan fingerprint density at radius 3 is 2.81 bits per heavy atom. The third-order valence-corrected chi connectivity index (χ3v) is 1.77. The zero-order valence-electron chi connectivity index (χ0n) is 9.06. The van der Waals surface area contributed by atoms with E-state index in [0.717, 1.165) is 0 Å². The van der Waals surface area contributed by atoms with Crippen LogP contribution in [-0.2, 0) is 14.2 Å². The molecule has 0 amide bonds. The molecule has 1 rings (SSSR count). The second-order valence-corrected chi connectivity index (χ2v) is 2.94. The number of rotatable bonds is 7. The van der Waals surface area contributed by atoms with Gasteiger partial charge < -0.3 is 19.9 Å². The average Bonchev–Trinajstić information content (AvgIpc) is 2.69. The maximum absolute atomic E-state index is 11.4. The van der Waals surface area contributed by atoms with E-state index >= 15 is 0 Å². The number of aromatic amines is 1. The molecule has 0 unspecified atom stereocenters. The van der Waals surface area contributed by atoms with Gasteiger partial charge in [-0.2, -0.15) is 5.10 Å². The van der Waals surface area contributed by atoms with Crippen LogP contribution in [0, 0.1) is 0 Å². The van der Waals surface area contributed by atoms with Gasteiger partial charge in [-0.1, -0.05) is 0 Å². The Hall–Kier alpha value is -1.60. The zero-order chi connectivity index (χ0) is 11.8. The molecule has 0 aliphatic rings. The quantitative estimate of drug-likeness (QED) is 0.496. The number of ether oxygens (including phenoxy) is 3. The lowest BCUT2D eigenvalue weighted by Gasteiger charge is -2.04. The van der Waals surface area contributed by atoms with E-state index in [1.54, 1.807) is 7.11 Å². The zero-order valence-corrected chi connectivity index (χ0v) is 9.06. The number of hydrogen-bond acceptors (Lipinski definition) is 6. The molecular weight excluding hydrogens is 214 g/mol. The summed E-state index contributed by atoms with van der Waals surface area (Å²) in [5.41, 5.74) is 5.90. The number of aromatic nitrogens is 2. The molecule has 7 nitrogen and oxygen atoms in total. The summed E-state index contributed by atoms with van der Waals surface area (Å²) in [6.45, 7) is 1.48. The average molecular weight is 229 g/mol. The molecule has 16 heavy (non-hydrogen) atoms. The van der Waals surface area contributed by atoms with Crippen LogP contribution < -0.4 is 5.73 Å². The molecule has 0 fully saturated rings. The van der Waals surface area contributed by atoms with Gasteiger partial charge in [0.2, 0.25) is 0 Å². The fourth-order valence-electron chi connectivity index (χ4n) is 0.969. The van der Waals surface area contributed by atoms with E-state index in [-0.39, 0.29) is 18.0 Å². The van der Waals surface area contributed by atoms with Crippen LogP contribution in [0.5, 0.6) is 0 Å². The van der Waals surface area contributed by atoms with Gasteiger partial charge in [-0.3, -0.25) is 5.10 Å². The van der Waals surface area contributed by atoms with Gasteiger partial charge in [-0.05, 0) is 0 Å². The molecule has 0 atom stereocenters. The van der Waals surface area contributed by atoms with Crippen LogP contribution in [-0.4, -0.2) is 49.7 Å². The fraction of sp³-hybridized carbons (Fsp3) is 0.556. The van der Waals surface area contributed by atoms with Crippen LogP contribution in [0.1, 0.15) is 10.5 Å². The van der Waals surface area contributed by atoms with E-state index in [2.05, 4.69) is 10.2 Å². The van der Waals surface area contributed by atoms with Gasteiger partial charge in [-0.25, -0.2) is 4.79 Å². The second kappa shape index (κ2) is 6.81. The number of esters is 1. The molecule has 7 heteroatoms.